The third-order valence-electron chi connectivity index (χ3n) is 3.02. The number of nitrogens with zero attached hydrogens (tertiary/aromatic N) is 2. The molecule has 0 bridgehead atoms. The molecule has 0 N–H and O–H groups in total. The Labute approximate surface area is 91.1 Å². The molecule has 78 valence electrons. The first kappa shape index (κ1) is 10.0. The maximum absolute atomic E-state index is 8.52. The fraction of sp³-hybridized carbons (Fsp3) is 0.462. The van der Waals surface area contributed by atoms with Gasteiger partial charge in [0.25, 0.3) is 0 Å². The summed E-state index contributed by atoms with van der Waals surface area (Å²) >= 11 is 0. The fourth-order valence-electron chi connectivity index (χ4n) is 2.28. The summed E-state index contributed by atoms with van der Waals surface area (Å²) < 4.78 is 0. The number of rotatable bonds is 3. The van der Waals surface area contributed by atoms with Crippen molar-refractivity contribution in [3.05, 3.63) is 29.8 Å². The smallest absolute Gasteiger partial charge is 0.0622 e. The minimum atomic E-state index is 0.628. The summed E-state index contributed by atoms with van der Waals surface area (Å²) in [6.07, 6.45) is 1.63. The number of hydrogen-bond donors (Lipinski definition) is 0. The molecule has 2 nitrogen and oxygen atoms in total. The Bertz CT molecular complexity index is 378. The van der Waals surface area contributed by atoms with Crippen molar-refractivity contribution >= 4 is 5.69 Å². The van der Waals surface area contributed by atoms with Gasteiger partial charge in [-0.3, -0.25) is 0 Å². The van der Waals surface area contributed by atoms with Gasteiger partial charge in [-0.25, -0.2) is 0 Å². The van der Waals surface area contributed by atoms with E-state index in [9.17, 15) is 0 Å². The number of benzene rings is 1. The van der Waals surface area contributed by atoms with Crippen molar-refractivity contribution in [2.24, 2.45) is 0 Å². The lowest BCUT2D eigenvalue weighted by Gasteiger charge is -2.18. The Morgan fingerprint density at radius 1 is 1.47 bits per heavy atom. The molecule has 0 aliphatic carbocycles. The molecule has 2 heteroatoms. The number of unbranched alkanes of at least 4 members (excludes halogenated alkanes) is 1. The zero-order chi connectivity index (χ0) is 10.7. The number of anilines is 1. The third-order valence-corrected chi connectivity index (χ3v) is 3.02. The van der Waals surface area contributed by atoms with Crippen LogP contribution in [0.2, 0.25) is 0 Å². The first-order valence-electron chi connectivity index (χ1n) is 5.53. The Morgan fingerprint density at radius 3 is 3.07 bits per heavy atom. The molecule has 0 saturated carbocycles. The number of nitriles is 1. The van der Waals surface area contributed by atoms with Crippen LogP contribution in [0.1, 0.15) is 31.2 Å². The van der Waals surface area contributed by atoms with E-state index in [0.29, 0.717) is 12.3 Å². The van der Waals surface area contributed by atoms with Crippen LogP contribution in [-0.2, 0) is 0 Å². The SMILES string of the molecule is CC1CN(CCCC#N)c2ccccc21. The molecule has 1 aliphatic rings. The first-order chi connectivity index (χ1) is 7.33. The van der Waals surface area contributed by atoms with Crippen molar-refractivity contribution in [1.29, 1.82) is 5.26 Å². The monoisotopic (exact) mass is 200 g/mol. The molecule has 0 saturated heterocycles. The van der Waals surface area contributed by atoms with Gasteiger partial charge in [0.15, 0.2) is 0 Å². The van der Waals surface area contributed by atoms with Crippen LogP contribution in [0.5, 0.6) is 0 Å². The van der Waals surface area contributed by atoms with Gasteiger partial charge in [-0.05, 0) is 18.1 Å². The zero-order valence-corrected chi connectivity index (χ0v) is 9.11. The van der Waals surface area contributed by atoms with E-state index in [1.54, 1.807) is 0 Å². The normalized spacial score (nSPS) is 18.7. The highest BCUT2D eigenvalue weighted by Gasteiger charge is 2.23. The van der Waals surface area contributed by atoms with Gasteiger partial charge in [-0.15, -0.1) is 0 Å². The van der Waals surface area contributed by atoms with E-state index < -0.39 is 0 Å². The lowest BCUT2D eigenvalue weighted by Crippen LogP contribution is -2.22. The molecule has 2 rings (SSSR count). The van der Waals surface area contributed by atoms with Crippen molar-refractivity contribution in [3.8, 4) is 6.07 Å². The molecule has 1 aliphatic heterocycles. The molecule has 1 heterocycles. The maximum atomic E-state index is 8.52. The maximum Gasteiger partial charge on any atom is 0.0622 e. The van der Waals surface area contributed by atoms with Crippen LogP contribution < -0.4 is 4.90 Å². The summed E-state index contributed by atoms with van der Waals surface area (Å²) in [5.41, 5.74) is 2.82. The Kier molecular flexibility index (Phi) is 2.91. The van der Waals surface area contributed by atoms with Crippen LogP contribution in [0.4, 0.5) is 5.69 Å². The third kappa shape index (κ3) is 1.97. The quantitative estimate of drug-likeness (QED) is 0.701. The Hall–Kier alpha value is -1.49. The highest BCUT2D eigenvalue weighted by molar-refractivity contribution is 5.59. The van der Waals surface area contributed by atoms with Crippen LogP contribution in [0, 0.1) is 11.3 Å². The minimum Gasteiger partial charge on any atom is -0.371 e. The van der Waals surface area contributed by atoms with Gasteiger partial charge in [-0.2, -0.15) is 5.26 Å². The van der Waals surface area contributed by atoms with E-state index in [0.717, 1.165) is 19.5 Å². The van der Waals surface area contributed by atoms with Crippen molar-refractivity contribution in [2.75, 3.05) is 18.0 Å². The summed E-state index contributed by atoms with van der Waals surface area (Å²) in [6.45, 7) is 4.38. The predicted molar refractivity (Wildman–Crippen MR) is 61.9 cm³/mol. The van der Waals surface area contributed by atoms with E-state index in [1.807, 2.05) is 0 Å². The zero-order valence-electron chi connectivity index (χ0n) is 9.11. The van der Waals surface area contributed by atoms with Crippen LogP contribution in [0.15, 0.2) is 24.3 Å². The summed E-state index contributed by atoms with van der Waals surface area (Å²) in [5.74, 6) is 0.628. The summed E-state index contributed by atoms with van der Waals surface area (Å²) in [4.78, 5) is 2.40. The summed E-state index contributed by atoms with van der Waals surface area (Å²) in [5, 5.41) is 8.52. The average molecular weight is 200 g/mol. The molecule has 0 amide bonds. The average Bonchev–Trinajstić information content (AvgIpc) is 2.58. The Morgan fingerprint density at radius 2 is 2.27 bits per heavy atom. The number of fused-ring (bicyclic) bond motifs is 1. The molecule has 0 aromatic heterocycles. The van der Waals surface area contributed by atoms with Crippen molar-refractivity contribution in [1.82, 2.24) is 0 Å². The molecule has 0 fully saturated rings. The number of hydrogen-bond acceptors (Lipinski definition) is 2. The minimum absolute atomic E-state index is 0.628. The van der Waals surface area contributed by atoms with Crippen LogP contribution >= 0.6 is 0 Å². The molecule has 1 aromatic rings. The van der Waals surface area contributed by atoms with Crippen molar-refractivity contribution in [3.63, 3.8) is 0 Å². The second-order valence-corrected chi connectivity index (χ2v) is 4.17. The molecule has 0 radical (unpaired) electrons. The number of para-hydroxylation sites is 1. The van der Waals surface area contributed by atoms with Gasteiger partial charge in [0.05, 0.1) is 6.07 Å². The van der Waals surface area contributed by atoms with Crippen LogP contribution in [0.25, 0.3) is 0 Å². The van der Waals surface area contributed by atoms with E-state index in [1.165, 1.54) is 11.3 Å². The lowest BCUT2D eigenvalue weighted by atomic mass is 10.0. The fourth-order valence-corrected chi connectivity index (χ4v) is 2.28. The molecule has 1 aromatic carbocycles. The largest absolute Gasteiger partial charge is 0.371 e. The highest BCUT2D eigenvalue weighted by atomic mass is 15.1. The van der Waals surface area contributed by atoms with Crippen LogP contribution in [0.3, 0.4) is 0 Å². The van der Waals surface area contributed by atoms with Gasteiger partial charge < -0.3 is 4.90 Å². The van der Waals surface area contributed by atoms with Gasteiger partial charge >= 0.3 is 0 Å². The molecular weight excluding hydrogens is 184 g/mol. The second-order valence-electron chi connectivity index (χ2n) is 4.17. The Balaban J connectivity index is 2.08. The van der Waals surface area contributed by atoms with Crippen molar-refractivity contribution < 1.29 is 0 Å². The lowest BCUT2D eigenvalue weighted by molar-refractivity contribution is 0.716. The summed E-state index contributed by atoms with van der Waals surface area (Å²) in [7, 11) is 0. The van der Waals surface area contributed by atoms with E-state index in [-0.39, 0.29) is 0 Å². The van der Waals surface area contributed by atoms with E-state index >= 15 is 0 Å². The highest BCUT2D eigenvalue weighted by Crippen LogP contribution is 2.35. The second kappa shape index (κ2) is 4.35. The van der Waals surface area contributed by atoms with Crippen molar-refractivity contribution in [2.45, 2.75) is 25.7 Å². The predicted octanol–water partition coefficient (Wildman–Crippen LogP) is 2.91. The van der Waals surface area contributed by atoms with Gasteiger partial charge in [0, 0.05) is 31.1 Å². The van der Waals surface area contributed by atoms with E-state index in [2.05, 4.69) is 42.2 Å². The standard InChI is InChI=1S/C13H16N2/c1-11-10-15(9-5-4-8-14)13-7-3-2-6-12(11)13/h2-3,6-7,11H,4-5,9-10H2,1H3. The molecular formula is C13H16N2. The molecule has 1 atom stereocenters. The van der Waals surface area contributed by atoms with Gasteiger partial charge in [0.1, 0.15) is 0 Å². The molecule has 1 unspecified atom stereocenters. The van der Waals surface area contributed by atoms with Gasteiger partial charge in [-0.1, -0.05) is 25.1 Å². The van der Waals surface area contributed by atoms with E-state index in [4.69, 9.17) is 5.26 Å². The summed E-state index contributed by atoms with van der Waals surface area (Å²) in [6, 6.07) is 10.8. The molecule has 15 heavy (non-hydrogen) atoms. The first-order valence-corrected chi connectivity index (χ1v) is 5.53. The van der Waals surface area contributed by atoms with Gasteiger partial charge in [0.2, 0.25) is 0 Å². The molecule has 0 spiro atoms. The van der Waals surface area contributed by atoms with Crippen LogP contribution in [-0.4, -0.2) is 13.1 Å². The topological polar surface area (TPSA) is 27.0 Å².